The van der Waals surface area contributed by atoms with Gasteiger partial charge in [0.15, 0.2) is 11.6 Å². The normalized spacial score (nSPS) is 18.0. The Balaban J connectivity index is 1.54. The molecular weight excluding hydrogens is 340 g/mol. The second-order valence-corrected chi connectivity index (χ2v) is 6.81. The van der Waals surface area contributed by atoms with Gasteiger partial charge in [-0.1, -0.05) is 6.07 Å². The average molecular weight is 363 g/mol. The van der Waals surface area contributed by atoms with E-state index in [-0.39, 0.29) is 11.2 Å². The lowest BCUT2D eigenvalue weighted by molar-refractivity contribution is 0.150. The maximum absolute atomic E-state index is 13.3. The third kappa shape index (κ3) is 4.69. The molecule has 140 valence electrons. The summed E-state index contributed by atoms with van der Waals surface area (Å²) in [5.41, 5.74) is 0.642. The molecule has 0 saturated carbocycles. The predicted molar refractivity (Wildman–Crippen MR) is 94.2 cm³/mol. The Morgan fingerprint density at radius 1 is 1.27 bits per heavy atom. The van der Waals surface area contributed by atoms with Gasteiger partial charge in [0.25, 0.3) is 0 Å². The van der Waals surface area contributed by atoms with Crippen LogP contribution in [0.5, 0.6) is 5.75 Å². The summed E-state index contributed by atoms with van der Waals surface area (Å²) in [6.07, 6.45) is 5.19. The highest BCUT2D eigenvalue weighted by atomic mass is 19.2. The number of rotatable bonds is 6. The van der Waals surface area contributed by atoms with Crippen molar-refractivity contribution in [3.05, 3.63) is 63.7 Å². The summed E-state index contributed by atoms with van der Waals surface area (Å²) >= 11 is 0. The maximum atomic E-state index is 13.3. The molecule has 1 fully saturated rings. The lowest BCUT2D eigenvalue weighted by atomic mass is 9.91. The maximum Gasteiger partial charge on any atom is 0.227 e. The van der Waals surface area contributed by atoms with E-state index in [1.54, 1.807) is 6.07 Å². The molecule has 0 N–H and O–H groups in total. The molecule has 0 radical (unpaired) electrons. The number of likely N-dealkylation sites (tertiary alicyclic amines) is 1. The van der Waals surface area contributed by atoms with Crippen molar-refractivity contribution in [2.24, 2.45) is 5.92 Å². The second kappa shape index (κ2) is 8.45. The van der Waals surface area contributed by atoms with Gasteiger partial charge in [-0.3, -0.25) is 9.69 Å². The molecule has 3 rings (SSSR count). The van der Waals surface area contributed by atoms with Crippen LogP contribution in [0.3, 0.4) is 0 Å². The molecule has 1 aromatic carbocycles. The first-order valence-electron chi connectivity index (χ1n) is 8.87. The van der Waals surface area contributed by atoms with E-state index in [4.69, 9.17) is 9.15 Å². The molecule has 2 heterocycles. The fourth-order valence-electron chi connectivity index (χ4n) is 3.49. The standard InChI is InChI=1S/C20H23F2NO3/c1-25-20-13-26-16(10-19(20)24)12-23-8-2-3-15(11-23)5-4-14-6-7-17(21)18(22)9-14/h6-7,9-10,13,15H,2-5,8,11-12H2,1H3/t15-/m1/s1. The van der Waals surface area contributed by atoms with Gasteiger partial charge in [0.1, 0.15) is 12.0 Å². The van der Waals surface area contributed by atoms with E-state index >= 15 is 0 Å². The van der Waals surface area contributed by atoms with Gasteiger partial charge in [0, 0.05) is 12.6 Å². The van der Waals surface area contributed by atoms with Crippen LogP contribution >= 0.6 is 0 Å². The summed E-state index contributed by atoms with van der Waals surface area (Å²) in [6.45, 7) is 2.44. The van der Waals surface area contributed by atoms with E-state index in [0.29, 0.717) is 18.2 Å². The number of aryl methyl sites for hydroxylation is 1. The number of ether oxygens (including phenoxy) is 1. The van der Waals surface area contributed by atoms with Gasteiger partial charge in [-0.2, -0.15) is 0 Å². The van der Waals surface area contributed by atoms with Crippen LogP contribution < -0.4 is 10.2 Å². The van der Waals surface area contributed by atoms with E-state index in [1.165, 1.54) is 31.6 Å². The molecule has 0 spiro atoms. The highest BCUT2D eigenvalue weighted by Gasteiger charge is 2.21. The zero-order valence-corrected chi connectivity index (χ0v) is 14.8. The van der Waals surface area contributed by atoms with Gasteiger partial charge in [-0.15, -0.1) is 0 Å². The van der Waals surface area contributed by atoms with Gasteiger partial charge in [-0.05, 0) is 55.8 Å². The molecule has 0 bridgehead atoms. The van der Waals surface area contributed by atoms with Crippen LogP contribution in [0.25, 0.3) is 0 Å². The Hall–Kier alpha value is -2.21. The van der Waals surface area contributed by atoms with Crippen molar-refractivity contribution in [1.29, 1.82) is 0 Å². The summed E-state index contributed by atoms with van der Waals surface area (Å²) < 4.78 is 36.7. The predicted octanol–water partition coefficient (Wildman–Crippen LogP) is 3.77. The summed E-state index contributed by atoms with van der Waals surface area (Å²) in [5, 5.41) is 0. The van der Waals surface area contributed by atoms with Crippen LogP contribution in [0, 0.1) is 17.6 Å². The number of methoxy groups -OCH3 is 1. The van der Waals surface area contributed by atoms with Gasteiger partial charge in [0.05, 0.1) is 13.7 Å². The Morgan fingerprint density at radius 3 is 2.85 bits per heavy atom. The largest absolute Gasteiger partial charge is 0.490 e. The SMILES string of the molecule is COc1coc(CN2CCC[C@H](CCc3ccc(F)c(F)c3)C2)cc1=O. The van der Waals surface area contributed by atoms with Crippen molar-refractivity contribution in [2.75, 3.05) is 20.2 Å². The first-order valence-corrected chi connectivity index (χ1v) is 8.87. The highest BCUT2D eigenvalue weighted by Crippen LogP contribution is 2.23. The van der Waals surface area contributed by atoms with Crippen molar-refractivity contribution >= 4 is 0 Å². The molecule has 4 nitrogen and oxygen atoms in total. The smallest absolute Gasteiger partial charge is 0.227 e. The molecule has 0 amide bonds. The summed E-state index contributed by atoms with van der Waals surface area (Å²) in [4.78, 5) is 14.1. The molecule has 1 atom stereocenters. The van der Waals surface area contributed by atoms with E-state index in [2.05, 4.69) is 4.90 Å². The zero-order valence-electron chi connectivity index (χ0n) is 14.8. The number of benzene rings is 1. The Labute approximate surface area is 151 Å². The van der Waals surface area contributed by atoms with Crippen molar-refractivity contribution in [3.8, 4) is 5.75 Å². The van der Waals surface area contributed by atoms with Crippen LogP contribution in [0.1, 0.15) is 30.6 Å². The minimum Gasteiger partial charge on any atom is -0.490 e. The number of piperidine rings is 1. The Bertz CT molecular complexity index is 806. The zero-order chi connectivity index (χ0) is 18.5. The second-order valence-electron chi connectivity index (χ2n) is 6.81. The van der Waals surface area contributed by atoms with Crippen molar-refractivity contribution in [3.63, 3.8) is 0 Å². The number of halogens is 2. The number of nitrogens with zero attached hydrogens (tertiary/aromatic N) is 1. The average Bonchev–Trinajstić information content (AvgIpc) is 2.63. The molecule has 2 aromatic rings. The summed E-state index contributed by atoms with van der Waals surface area (Å²) in [7, 11) is 1.44. The van der Waals surface area contributed by atoms with Gasteiger partial charge < -0.3 is 9.15 Å². The molecule has 1 aliphatic rings. The molecule has 6 heteroatoms. The fraction of sp³-hybridized carbons (Fsp3) is 0.450. The van der Waals surface area contributed by atoms with Gasteiger partial charge >= 0.3 is 0 Å². The number of hydrogen-bond acceptors (Lipinski definition) is 4. The van der Waals surface area contributed by atoms with Crippen molar-refractivity contribution in [1.82, 2.24) is 4.90 Å². The number of hydrogen-bond donors (Lipinski definition) is 0. The lowest BCUT2D eigenvalue weighted by Gasteiger charge is -2.32. The first kappa shape index (κ1) is 18.6. The van der Waals surface area contributed by atoms with Crippen LogP contribution in [0.15, 0.2) is 39.7 Å². The minimum atomic E-state index is -0.807. The third-order valence-electron chi connectivity index (χ3n) is 4.88. The van der Waals surface area contributed by atoms with E-state index < -0.39 is 11.6 Å². The molecule has 0 aliphatic carbocycles. The molecule has 0 unspecified atom stereocenters. The topological polar surface area (TPSA) is 42.7 Å². The summed E-state index contributed by atoms with van der Waals surface area (Å²) in [5.74, 6) is -0.281. The molecule has 1 aromatic heterocycles. The Kier molecular flexibility index (Phi) is 6.04. The Morgan fingerprint density at radius 2 is 2.12 bits per heavy atom. The molecule has 26 heavy (non-hydrogen) atoms. The van der Waals surface area contributed by atoms with E-state index in [0.717, 1.165) is 44.3 Å². The van der Waals surface area contributed by atoms with Gasteiger partial charge in [-0.25, -0.2) is 8.78 Å². The minimum absolute atomic E-state index is 0.180. The van der Waals surface area contributed by atoms with Crippen molar-refractivity contribution in [2.45, 2.75) is 32.2 Å². The van der Waals surface area contributed by atoms with Crippen LogP contribution in [0.2, 0.25) is 0 Å². The van der Waals surface area contributed by atoms with Crippen LogP contribution in [-0.4, -0.2) is 25.1 Å². The first-order chi connectivity index (χ1) is 12.5. The van der Waals surface area contributed by atoms with Crippen molar-refractivity contribution < 1.29 is 17.9 Å². The van der Waals surface area contributed by atoms with Gasteiger partial charge in [0.2, 0.25) is 11.2 Å². The summed E-state index contributed by atoms with van der Waals surface area (Å²) in [6, 6.07) is 5.58. The highest BCUT2D eigenvalue weighted by molar-refractivity contribution is 5.18. The third-order valence-corrected chi connectivity index (χ3v) is 4.88. The molecule has 1 aliphatic heterocycles. The van der Waals surface area contributed by atoms with E-state index in [1.807, 2.05) is 0 Å². The molecule has 1 saturated heterocycles. The quantitative estimate of drug-likeness (QED) is 0.784. The lowest BCUT2D eigenvalue weighted by Crippen LogP contribution is -2.35. The van der Waals surface area contributed by atoms with E-state index in [9.17, 15) is 13.6 Å². The fourth-order valence-corrected chi connectivity index (χ4v) is 3.49. The monoisotopic (exact) mass is 363 g/mol. The van der Waals surface area contributed by atoms with Crippen LogP contribution in [0.4, 0.5) is 8.78 Å². The molecular formula is C20H23F2NO3. The van der Waals surface area contributed by atoms with Crippen LogP contribution in [-0.2, 0) is 13.0 Å².